The van der Waals surface area contributed by atoms with E-state index in [0.29, 0.717) is 0 Å². The van der Waals surface area contributed by atoms with Gasteiger partial charge in [-0.25, -0.2) is 0 Å². The highest BCUT2D eigenvalue weighted by atomic mass is 79.9. The molecule has 0 aliphatic heterocycles. The van der Waals surface area contributed by atoms with Gasteiger partial charge in [-0.3, -0.25) is 4.98 Å². The van der Waals surface area contributed by atoms with Crippen molar-refractivity contribution in [2.75, 3.05) is 6.54 Å². The van der Waals surface area contributed by atoms with Crippen LogP contribution in [0.1, 0.15) is 30.7 Å². The normalized spacial score (nSPS) is 12.7. The molecule has 3 aromatic rings. The Morgan fingerprint density at radius 1 is 1.19 bits per heavy atom. The number of nitrogens with one attached hydrogen (secondary N) is 1. The quantitative estimate of drug-likeness (QED) is 0.730. The minimum Gasteiger partial charge on any atom is -0.452 e. The molecule has 3 rings (SSSR count). The van der Waals surface area contributed by atoms with E-state index in [0.717, 1.165) is 34.3 Å². The average molecular weight is 345 g/mol. The van der Waals surface area contributed by atoms with Crippen LogP contribution >= 0.6 is 15.9 Å². The molecule has 1 aromatic carbocycles. The first kappa shape index (κ1) is 14.3. The Bertz CT molecular complexity index is 733. The summed E-state index contributed by atoms with van der Waals surface area (Å²) in [4.78, 5) is 4.38. The van der Waals surface area contributed by atoms with Crippen LogP contribution in [0.15, 0.2) is 57.9 Å². The van der Waals surface area contributed by atoms with Crippen molar-refractivity contribution in [3.8, 4) is 0 Å². The van der Waals surface area contributed by atoms with E-state index in [-0.39, 0.29) is 6.04 Å². The molecule has 0 saturated carbocycles. The van der Waals surface area contributed by atoms with Crippen molar-refractivity contribution in [1.29, 1.82) is 0 Å². The summed E-state index contributed by atoms with van der Waals surface area (Å²) in [5.41, 5.74) is 1.14. The van der Waals surface area contributed by atoms with Gasteiger partial charge in [0, 0.05) is 23.3 Å². The molecule has 3 nitrogen and oxygen atoms in total. The third kappa shape index (κ3) is 3.01. The van der Waals surface area contributed by atoms with Gasteiger partial charge in [0.2, 0.25) is 0 Å². The molecule has 0 bridgehead atoms. The number of hydrogen-bond donors (Lipinski definition) is 1. The van der Waals surface area contributed by atoms with Crippen LogP contribution in [0.4, 0.5) is 0 Å². The highest BCUT2D eigenvalue weighted by Gasteiger charge is 2.19. The number of benzene rings is 1. The first-order chi connectivity index (χ1) is 10.3. The summed E-state index contributed by atoms with van der Waals surface area (Å²) in [6, 6.07) is 12.2. The van der Waals surface area contributed by atoms with Gasteiger partial charge in [0.1, 0.15) is 5.76 Å². The second-order valence-electron chi connectivity index (χ2n) is 4.98. The molecule has 2 heterocycles. The number of hydrogen-bond acceptors (Lipinski definition) is 3. The third-order valence-electron chi connectivity index (χ3n) is 3.49. The van der Waals surface area contributed by atoms with Gasteiger partial charge in [-0.1, -0.05) is 31.2 Å². The molecule has 0 saturated heterocycles. The molecule has 0 fully saturated rings. The zero-order valence-electron chi connectivity index (χ0n) is 11.8. The molecule has 0 spiro atoms. The van der Waals surface area contributed by atoms with E-state index in [1.54, 1.807) is 0 Å². The molecule has 0 amide bonds. The zero-order chi connectivity index (χ0) is 14.7. The fourth-order valence-corrected chi connectivity index (χ4v) is 2.82. The fourth-order valence-electron chi connectivity index (χ4n) is 2.51. The van der Waals surface area contributed by atoms with E-state index in [1.165, 1.54) is 5.39 Å². The van der Waals surface area contributed by atoms with Crippen LogP contribution in [-0.2, 0) is 0 Å². The van der Waals surface area contributed by atoms with Gasteiger partial charge in [-0.2, -0.15) is 0 Å². The predicted molar refractivity (Wildman–Crippen MR) is 88.3 cm³/mol. The van der Waals surface area contributed by atoms with E-state index in [2.05, 4.69) is 51.4 Å². The monoisotopic (exact) mass is 344 g/mol. The second-order valence-corrected chi connectivity index (χ2v) is 5.76. The molecule has 1 unspecified atom stereocenters. The SMILES string of the molecule is CCCNC(c1ccc(Br)o1)c1cncc2ccccc12. The molecule has 0 aliphatic carbocycles. The van der Waals surface area contributed by atoms with Crippen molar-refractivity contribution in [1.82, 2.24) is 10.3 Å². The Morgan fingerprint density at radius 3 is 2.81 bits per heavy atom. The highest BCUT2D eigenvalue weighted by molar-refractivity contribution is 9.10. The van der Waals surface area contributed by atoms with Gasteiger partial charge in [-0.05, 0) is 46.4 Å². The molecule has 108 valence electrons. The number of halogens is 1. The van der Waals surface area contributed by atoms with Crippen LogP contribution in [0.3, 0.4) is 0 Å². The molecule has 1 atom stereocenters. The largest absolute Gasteiger partial charge is 0.452 e. The molecule has 0 aliphatic rings. The molecular weight excluding hydrogens is 328 g/mol. The minimum absolute atomic E-state index is 0.00912. The lowest BCUT2D eigenvalue weighted by Crippen LogP contribution is -2.23. The summed E-state index contributed by atoms with van der Waals surface area (Å²) >= 11 is 3.38. The van der Waals surface area contributed by atoms with Gasteiger partial charge in [0.15, 0.2) is 4.67 Å². The van der Waals surface area contributed by atoms with Crippen LogP contribution in [-0.4, -0.2) is 11.5 Å². The summed E-state index contributed by atoms with van der Waals surface area (Å²) < 4.78 is 6.52. The van der Waals surface area contributed by atoms with Crippen LogP contribution < -0.4 is 5.32 Å². The van der Waals surface area contributed by atoms with Gasteiger partial charge < -0.3 is 9.73 Å². The number of rotatable bonds is 5. The van der Waals surface area contributed by atoms with E-state index in [4.69, 9.17) is 4.42 Å². The van der Waals surface area contributed by atoms with Crippen molar-refractivity contribution in [2.45, 2.75) is 19.4 Å². The number of aromatic nitrogens is 1. The van der Waals surface area contributed by atoms with Gasteiger partial charge in [0.25, 0.3) is 0 Å². The molecule has 2 aromatic heterocycles. The van der Waals surface area contributed by atoms with Crippen molar-refractivity contribution in [2.24, 2.45) is 0 Å². The average Bonchev–Trinajstić information content (AvgIpc) is 2.94. The summed E-state index contributed by atoms with van der Waals surface area (Å²) in [6.07, 6.45) is 4.89. The van der Waals surface area contributed by atoms with Gasteiger partial charge in [-0.15, -0.1) is 0 Å². The first-order valence-corrected chi connectivity index (χ1v) is 7.90. The number of pyridine rings is 1. The summed E-state index contributed by atoms with van der Waals surface area (Å²) in [6.45, 7) is 3.08. The molecule has 1 N–H and O–H groups in total. The van der Waals surface area contributed by atoms with E-state index in [1.807, 2.05) is 30.6 Å². The Kier molecular flexibility index (Phi) is 4.36. The maximum absolute atomic E-state index is 5.77. The number of nitrogens with zero attached hydrogens (tertiary/aromatic N) is 1. The molecule has 4 heteroatoms. The van der Waals surface area contributed by atoms with Gasteiger partial charge in [0.05, 0.1) is 6.04 Å². The van der Waals surface area contributed by atoms with Crippen LogP contribution in [0.5, 0.6) is 0 Å². The third-order valence-corrected chi connectivity index (χ3v) is 3.91. The topological polar surface area (TPSA) is 38.1 Å². The minimum atomic E-state index is 0.00912. The van der Waals surface area contributed by atoms with Crippen LogP contribution in [0, 0.1) is 0 Å². The highest BCUT2D eigenvalue weighted by Crippen LogP contribution is 2.30. The van der Waals surface area contributed by atoms with Crippen molar-refractivity contribution in [3.63, 3.8) is 0 Å². The van der Waals surface area contributed by atoms with E-state index < -0.39 is 0 Å². The molecule has 21 heavy (non-hydrogen) atoms. The summed E-state index contributed by atoms with van der Waals surface area (Å²) in [7, 11) is 0. The number of furan rings is 1. The molecular formula is C17H17BrN2O. The number of fused-ring (bicyclic) bond motifs is 1. The Balaban J connectivity index is 2.09. The smallest absolute Gasteiger partial charge is 0.169 e. The Morgan fingerprint density at radius 2 is 2.05 bits per heavy atom. The van der Waals surface area contributed by atoms with Gasteiger partial charge >= 0.3 is 0 Å². The van der Waals surface area contributed by atoms with E-state index in [9.17, 15) is 0 Å². The lowest BCUT2D eigenvalue weighted by atomic mass is 10.00. The van der Waals surface area contributed by atoms with Crippen LogP contribution in [0.25, 0.3) is 10.8 Å². The first-order valence-electron chi connectivity index (χ1n) is 7.11. The lowest BCUT2D eigenvalue weighted by Gasteiger charge is -2.18. The maximum atomic E-state index is 5.77. The maximum Gasteiger partial charge on any atom is 0.169 e. The second kappa shape index (κ2) is 6.41. The van der Waals surface area contributed by atoms with Crippen molar-refractivity contribution >= 4 is 26.7 Å². The lowest BCUT2D eigenvalue weighted by molar-refractivity contribution is 0.433. The summed E-state index contributed by atoms with van der Waals surface area (Å²) in [5, 5.41) is 5.90. The Labute approximate surface area is 132 Å². The molecule has 0 radical (unpaired) electrons. The predicted octanol–water partition coefficient (Wildman–Crippen LogP) is 4.68. The Hall–Kier alpha value is -1.65. The van der Waals surface area contributed by atoms with E-state index >= 15 is 0 Å². The standard InChI is InChI=1S/C17H17BrN2O/c1-2-9-20-17(15-7-8-16(18)21-15)14-11-19-10-12-5-3-4-6-13(12)14/h3-8,10-11,17,20H,2,9H2,1H3. The fraction of sp³-hybridized carbons (Fsp3) is 0.235. The van der Waals surface area contributed by atoms with Crippen molar-refractivity contribution in [3.05, 3.63) is 64.8 Å². The zero-order valence-corrected chi connectivity index (χ0v) is 13.4. The van der Waals surface area contributed by atoms with Crippen molar-refractivity contribution < 1.29 is 4.42 Å². The summed E-state index contributed by atoms with van der Waals surface area (Å²) in [5.74, 6) is 0.897. The van der Waals surface area contributed by atoms with Crippen LogP contribution in [0.2, 0.25) is 0 Å².